The van der Waals surface area contributed by atoms with Gasteiger partial charge in [-0.2, -0.15) is 9.46 Å². The van der Waals surface area contributed by atoms with Gasteiger partial charge in [0.05, 0.1) is 17.4 Å². The maximum Gasteiger partial charge on any atom is 0.169 e. The predicted octanol–water partition coefficient (Wildman–Crippen LogP) is 6.48. The van der Waals surface area contributed by atoms with Crippen molar-refractivity contribution in [3.05, 3.63) is 53.7 Å². The molecular weight excluding hydrogens is 412 g/mol. The Morgan fingerprint density at radius 3 is 2.67 bits per heavy atom. The topological polar surface area (TPSA) is 71.0 Å². The zero-order valence-electron chi connectivity index (χ0n) is 17.3. The van der Waals surface area contributed by atoms with Gasteiger partial charge in [-0.15, -0.1) is 11.3 Å². The molecule has 0 bridgehead atoms. The second-order valence-corrected chi connectivity index (χ2v) is 11.6. The normalized spacial score (nSPS) is 12.4. The third kappa shape index (κ3) is 3.18. The van der Waals surface area contributed by atoms with Crippen LogP contribution in [-0.4, -0.2) is 31.9 Å². The highest BCUT2D eigenvalue weighted by Gasteiger charge is 2.21. The lowest BCUT2D eigenvalue weighted by Crippen LogP contribution is -2.00. The number of H-pyrrole nitrogens is 1. The van der Waals surface area contributed by atoms with Gasteiger partial charge in [0.2, 0.25) is 0 Å². The lowest BCUT2D eigenvalue weighted by atomic mass is 9.91. The monoisotopic (exact) mass is 434 g/mol. The van der Waals surface area contributed by atoms with E-state index in [9.17, 15) is 4.21 Å². The second kappa shape index (κ2) is 6.89. The molecule has 0 aliphatic rings. The molecule has 1 N–H and O–H groups in total. The standard InChI is InChI=1S/C23H22N4OS2/c1-13(2)22-21(18-12-29-20-8-6-5-7-15(18)20)16-9-14-11-24-26-19(14)10-17(16)23(25-22)27-30(3,4)28/h5-13H,1-4H3,(H,24,26). The Labute approximate surface area is 179 Å². The van der Waals surface area contributed by atoms with Gasteiger partial charge in [0, 0.05) is 54.2 Å². The van der Waals surface area contributed by atoms with Gasteiger partial charge in [0.1, 0.15) is 0 Å². The Hall–Kier alpha value is -2.77. The highest BCUT2D eigenvalue weighted by molar-refractivity contribution is 7.92. The molecule has 0 atom stereocenters. The number of nitrogens with zero attached hydrogens (tertiary/aromatic N) is 3. The average molecular weight is 435 g/mol. The van der Waals surface area contributed by atoms with Crippen LogP contribution in [0.3, 0.4) is 0 Å². The molecule has 5 rings (SSSR count). The molecule has 152 valence electrons. The van der Waals surface area contributed by atoms with Gasteiger partial charge in [-0.25, -0.2) is 9.19 Å². The van der Waals surface area contributed by atoms with E-state index in [-0.39, 0.29) is 5.92 Å². The van der Waals surface area contributed by atoms with Crippen LogP contribution in [0.5, 0.6) is 0 Å². The molecule has 0 radical (unpaired) electrons. The first kappa shape index (κ1) is 19.2. The van der Waals surface area contributed by atoms with Crippen LogP contribution in [0.25, 0.3) is 42.9 Å². The third-order valence-electron chi connectivity index (χ3n) is 5.17. The van der Waals surface area contributed by atoms with Crippen molar-refractivity contribution in [3.63, 3.8) is 0 Å². The number of pyridine rings is 1. The fraction of sp³-hybridized carbons (Fsp3) is 0.217. The number of hydrogen-bond acceptors (Lipinski definition) is 5. The van der Waals surface area contributed by atoms with E-state index in [0.717, 1.165) is 32.9 Å². The molecule has 0 amide bonds. The van der Waals surface area contributed by atoms with Crippen LogP contribution in [0, 0.1) is 0 Å². The van der Waals surface area contributed by atoms with E-state index in [1.807, 2.05) is 12.3 Å². The molecule has 0 unspecified atom stereocenters. The summed E-state index contributed by atoms with van der Waals surface area (Å²) in [6.45, 7) is 4.28. The summed E-state index contributed by atoms with van der Waals surface area (Å²) in [5.41, 5.74) is 4.19. The average Bonchev–Trinajstić information content (AvgIpc) is 3.31. The van der Waals surface area contributed by atoms with Crippen molar-refractivity contribution >= 4 is 58.6 Å². The zero-order chi connectivity index (χ0) is 21.0. The molecule has 3 heterocycles. The minimum atomic E-state index is -2.36. The first-order valence-electron chi connectivity index (χ1n) is 9.76. The molecule has 7 heteroatoms. The number of nitrogens with one attached hydrogen (secondary N) is 1. The van der Waals surface area contributed by atoms with E-state index < -0.39 is 9.73 Å². The van der Waals surface area contributed by atoms with Crippen LogP contribution < -0.4 is 0 Å². The number of rotatable bonds is 3. The summed E-state index contributed by atoms with van der Waals surface area (Å²) in [4.78, 5) is 4.96. The quantitative estimate of drug-likeness (QED) is 0.353. The molecule has 3 aromatic heterocycles. The fourth-order valence-corrected chi connectivity index (χ4v) is 5.41. The molecule has 0 saturated heterocycles. The molecule has 5 nitrogen and oxygen atoms in total. The maximum absolute atomic E-state index is 12.6. The molecule has 0 aliphatic carbocycles. The molecule has 30 heavy (non-hydrogen) atoms. The number of aromatic nitrogens is 3. The molecule has 0 spiro atoms. The number of benzene rings is 2. The minimum Gasteiger partial charge on any atom is -0.278 e. The van der Waals surface area contributed by atoms with Gasteiger partial charge in [0.15, 0.2) is 5.82 Å². The van der Waals surface area contributed by atoms with Gasteiger partial charge in [0.25, 0.3) is 0 Å². The van der Waals surface area contributed by atoms with Crippen molar-refractivity contribution < 1.29 is 4.21 Å². The second-order valence-electron chi connectivity index (χ2n) is 8.12. The Morgan fingerprint density at radius 2 is 1.90 bits per heavy atom. The summed E-state index contributed by atoms with van der Waals surface area (Å²) >= 11 is 1.74. The summed E-state index contributed by atoms with van der Waals surface area (Å²) in [7, 11) is -2.36. The number of thiophene rings is 1. The number of fused-ring (bicyclic) bond motifs is 3. The van der Waals surface area contributed by atoms with Crippen molar-refractivity contribution in [1.82, 2.24) is 15.2 Å². The van der Waals surface area contributed by atoms with E-state index in [4.69, 9.17) is 4.98 Å². The van der Waals surface area contributed by atoms with E-state index in [2.05, 4.69) is 64.1 Å². The number of aromatic amines is 1. The highest BCUT2D eigenvalue weighted by Crippen LogP contribution is 2.44. The first-order valence-corrected chi connectivity index (χ1v) is 13.0. The van der Waals surface area contributed by atoms with Crippen LogP contribution in [0.4, 0.5) is 5.82 Å². The van der Waals surface area contributed by atoms with Crippen molar-refractivity contribution in [2.75, 3.05) is 12.5 Å². The van der Waals surface area contributed by atoms with Crippen molar-refractivity contribution in [2.45, 2.75) is 19.8 Å². The third-order valence-corrected chi connectivity index (χ3v) is 6.75. The molecular formula is C23H22N4OS2. The van der Waals surface area contributed by atoms with Gasteiger partial charge >= 0.3 is 0 Å². The molecule has 5 aromatic rings. The van der Waals surface area contributed by atoms with E-state index in [1.54, 1.807) is 23.8 Å². The summed E-state index contributed by atoms with van der Waals surface area (Å²) < 4.78 is 18.3. The van der Waals surface area contributed by atoms with Crippen LogP contribution in [0.2, 0.25) is 0 Å². The van der Waals surface area contributed by atoms with E-state index in [0.29, 0.717) is 5.82 Å². The predicted molar refractivity (Wildman–Crippen MR) is 128 cm³/mol. The van der Waals surface area contributed by atoms with Gasteiger partial charge < -0.3 is 0 Å². The van der Waals surface area contributed by atoms with Gasteiger partial charge in [-0.3, -0.25) is 5.10 Å². The Kier molecular flexibility index (Phi) is 4.41. The first-order chi connectivity index (χ1) is 14.3. The lowest BCUT2D eigenvalue weighted by Gasteiger charge is -2.17. The summed E-state index contributed by atoms with van der Waals surface area (Å²) in [6.07, 6.45) is 5.12. The van der Waals surface area contributed by atoms with Crippen LogP contribution >= 0.6 is 11.3 Å². The lowest BCUT2D eigenvalue weighted by molar-refractivity contribution is 0.684. The minimum absolute atomic E-state index is 0.182. The Balaban J connectivity index is 2.00. The zero-order valence-corrected chi connectivity index (χ0v) is 18.9. The van der Waals surface area contributed by atoms with Crippen LogP contribution in [-0.2, 0) is 9.73 Å². The highest BCUT2D eigenvalue weighted by atomic mass is 32.2. The molecule has 0 aliphatic heterocycles. The number of hydrogen-bond donors (Lipinski definition) is 1. The largest absolute Gasteiger partial charge is 0.278 e. The molecule has 0 fully saturated rings. The van der Waals surface area contributed by atoms with Crippen LogP contribution in [0.1, 0.15) is 25.5 Å². The summed E-state index contributed by atoms with van der Waals surface area (Å²) in [5.74, 6) is 0.713. The van der Waals surface area contributed by atoms with Gasteiger partial charge in [-0.1, -0.05) is 32.0 Å². The summed E-state index contributed by atoms with van der Waals surface area (Å²) in [6, 6.07) is 12.6. The smallest absolute Gasteiger partial charge is 0.169 e. The molecule has 2 aromatic carbocycles. The fourth-order valence-electron chi connectivity index (χ4n) is 3.90. The van der Waals surface area contributed by atoms with Crippen molar-refractivity contribution in [2.24, 2.45) is 4.36 Å². The Bertz CT molecular complexity index is 1540. The van der Waals surface area contributed by atoms with E-state index >= 15 is 0 Å². The Morgan fingerprint density at radius 1 is 1.10 bits per heavy atom. The summed E-state index contributed by atoms with van der Waals surface area (Å²) in [5, 5.41) is 13.6. The van der Waals surface area contributed by atoms with Gasteiger partial charge in [-0.05, 0) is 34.9 Å². The molecule has 0 saturated carbocycles. The maximum atomic E-state index is 12.6. The van der Waals surface area contributed by atoms with Crippen molar-refractivity contribution in [3.8, 4) is 11.1 Å². The SMILES string of the molecule is CC(C)c1nc(N=S(C)(C)=O)c2cc3[nH]ncc3cc2c1-c1csc2ccccc12. The van der Waals surface area contributed by atoms with Crippen molar-refractivity contribution in [1.29, 1.82) is 0 Å². The van der Waals surface area contributed by atoms with Crippen LogP contribution in [0.15, 0.2) is 52.3 Å². The van der Waals surface area contributed by atoms with E-state index in [1.165, 1.54) is 15.6 Å².